The third-order valence-electron chi connectivity index (χ3n) is 3.85. The molecule has 1 atom stereocenters. The van der Waals surface area contributed by atoms with E-state index >= 15 is 0 Å². The molecule has 0 radical (unpaired) electrons. The predicted octanol–water partition coefficient (Wildman–Crippen LogP) is 2.37. The molecule has 1 aromatic carbocycles. The van der Waals surface area contributed by atoms with Crippen molar-refractivity contribution in [2.45, 2.75) is 26.3 Å². The van der Waals surface area contributed by atoms with Gasteiger partial charge in [0, 0.05) is 25.7 Å². The van der Waals surface area contributed by atoms with Crippen molar-refractivity contribution in [1.29, 1.82) is 0 Å². The maximum atomic E-state index is 5.40. The van der Waals surface area contributed by atoms with Crippen molar-refractivity contribution in [2.24, 2.45) is 0 Å². The number of benzene rings is 1. The van der Waals surface area contributed by atoms with Gasteiger partial charge in [0.25, 0.3) is 0 Å². The minimum absolute atomic E-state index is 0.467. The van der Waals surface area contributed by atoms with Crippen molar-refractivity contribution < 1.29 is 4.74 Å². The highest BCUT2D eigenvalue weighted by molar-refractivity contribution is 5.28. The average Bonchev–Trinajstić information content (AvgIpc) is 2.45. The fraction of sp³-hybridized carbons (Fsp3) is 0.625. The highest BCUT2D eigenvalue weighted by atomic mass is 16.5. The van der Waals surface area contributed by atoms with Gasteiger partial charge in [-0.15, -0.1) is 0 Å². The first-order valence-corrected chi connectivity index (χ1v) is 7.40. The largest absolute Gasteiger partial charge is 0.379 e. The summed E-state index contributed by atoms with van der Waals surface area (Å²) in [7, 11) is 0. The van der Waals surface area contributed by atoms with Crippen molar-refractivity contribution in [3.05, 3.63) is 35.4 Å². The van der Waals surface area contributed by atoms with E-state index < -0.39 is 0 Å². The van der Waals surface area contributed by atoms with Crippen LogP contribution in [-0.4, -0.2) is 44.3 Å². The molecule has 1 aromatic rings. The zero-order valence-corrected chi connectivity index (χ0v) is 12.2. The van der Waals surface area contributed by atoms with E-state index in [0.717, 1.165) is 39.4 Å². The molecule has 3 heteroatoms. The lowest BCUT2D eigenvalue weighted by Gasteiger charge is -2.29. The third-order valence-corrected chi connectivity index (χ3v) is 3.85. The molecule has 0 aromatic heterocycles. The number of nitrogens with one attached hydrogen (secondary N) is 1. The smallest absolute Gasteiger partial charge is 0.0594 e. The fourth-order valence-corrected chi connectivity index (χ4v) is 2.73. The van der Waals surface area contributed by atoms with Gasteiger partial charge < -0.3 is 10.1 Å². The van der Waals surface area contributed by atoms with Crippen molar-refractivity contribution >= 4 is 0 Å². The number of aryl methyl sites for hydroxylation is 1. The first-order valence-electron chi connectivity index (χ1n) is 7.40. The summed E-state index contributed by atoms with van der Waals surface area (Å²) in [5, 5.41) is 3.62. The molecule has 0 amide bonds. The first-order chi connectivity index (χ1) is 9.31. The van der Waals surface area contributed by atoms with Gasteiger partial charge in [0.1, 0.15) is 0 Å². The quantitative estimate of drug-likeness (QED) is 0.852. The van der Waals surface area contributed by atoms with E-state index in [-0.39, 0.29) is 0 Å². The third kappa shape index (κ3) is 4.30. The SMILES string of the molecule is CCNC(CCN1CCOCC1)c1ccccc1C. The molecule has 3 nitrogen and oxygen atoms in total. The molecule has 1 N–H and O–H groups in total. The van der Waals surface area contributed by atoms with Crippen LogP contribution in [0.3, 0.4) is 0 Å². The van der Waals surface area contributed by atoms with E-state index in [1.165, 1.54) is 17.5 Å². The lowest BCUT2D eigenvalue weighted by atomic mass is 9.98. The van der Waals surface area contributed by atoms with Crippen molar-refractivity contribution in [3.8, 4) is 0 Å². The second-order valence-corrected chi connectivity index (χ2v) is 5.21. The van der Waals surface area contributed by atoms with E-state index in [1.54, 1.807) is 0 Å². The molecule has 0 aliphatic carbocycles. The number of morpholine rings is 1. The summed E-state index contributed by atoms with van der Waals surface area (Å²) in [6, 6.07) is 9.18. The highest BCUT2D eigenvalue weighted by Gasteiger charge is 2.15. The normalized spacial score (nSPS) is 18.4. The Labute approximate surface area is 116 Å². The van der Waals surface area contributed by atoms with Crippen LogP contribution in [0.2, 0.25) is 0 Å². The van der Waals surface area contributed by atoms with Crippen LogP contribution in [-0.2, 0) is 4.74 Å². The molecule has 1 aliphatic rings. The lowest BCUT2D eigenvalue weighted by molar-refractivity contribution is 0.0361. The number of hydrogen-bond donors (Lipinski definition) is 1. The van der Waals surface area contributed by atoms with Gasteiger partial charge in [-0.1, -0.05) is 31.2 Å². The molecule has 1 heterocycles. The monoisotopic (exact) mass is 262 g/mol. The van der Waals surface area contributed by atoms with Gasteiger partial charge in [-0.25, -0.2) is 0 Å². The molecule has 2 rings (SSSR count). The molecule has 1 fully saturated rings. The summed E-state index contributed by atoms with van der Waals surface area (Å²) < 4.78 is 5.40. The van der Waals surface area contributed by atoms with Crippen LogP contribution in [0.5, 0.6) is 0 Å². The Balaban J connectivity index is 1.94. The molecule has 19 heavy (non-hydrogen) atoms. The Morgan fingerprint density at radius 1 is 1.26 bits per heavy atom. The fourth-order valence-electron chi connectivity index (χ4n) is 2.73. The van der Waals surface area contributed by atoms with Crippen LogP contribution in [0.1, 0.15) is 30.5 Å². The molecule has 0 bridgehead atoms. The molecule has 0 saturated carbocycles. The van der Waals surface area contributed by atoms with Crippen LogP contribution in [0, 0.1) is 6.92 Å². The van der Waals surface area contributed by atoms with Gasteiger partial charge >= 0.3 is 0 Å². The second kappa shape index (κ2) is 7.63. The number of hydrogen-bond acceptors (Lipinski definition) is 3. The Bertz CT molecular complexity index is 375. The van der Waals surface area contributed by atoms with Crippen LogP contribution < -0.4 is 5.32 Å². The summed E-state index contributed by atoms with van der Waals surface area (Å²) in [6.07, 6.45) is 1.17. The molecule has 106 valence electrons. The van der Waals surface area contributed by atoms with Crippen LogP contribution in [0.4, 0.5) is 0 Å². The number of rotatable bonds is 6. The van der Waals surface area contributed by atoms with Crippen molar-refractivity contribution in [2.75, 3.05) is 39.4 Å². The van der Waals surface area contributed by atoms with E-state index in [0.29, 0.717) is 6.04 Å². The maximum absolute atomic E-state index is 5.40. The van der Waals surface area contributed by atoms with Gasteiger partial charge in [0.15, 0.2) is 0 Å². The second-order valence-electron chi connectivity index (χ2n) is 5.21. The van der Waals surface area contributed by atoms with Crippen LogP contribution >= 0.6 is 0 Å². The predicted molar refractivity (Wildman–Crippen MR) is 79.5 cm³/mol. The summed E-state index contributed by atoms with van der Waals surface area (Å²) in [4.78, 5) is 2.51. The summed E-state index contributed by atoms with van der Waals surface area (Å²) in [6.45, 7) is 10.5. The Kier molecular flexibility index (Phi) is 5.83. The van der Waals surface area contributed by atoms with Crippen molar-refractivity contribution in [1.82, 2.24) is 10.2 Å². The Morgan fingerprint density at radius 3 is 2.68 bits per heavy atom. The zero-order valence-electron chi connectivity index (χ0n) is 12.2. The zero-order chi connectivity index (χ0) is 13.5. The molecular formula is C16H26N2O. The lowest BCUT2D eigenvalue weighted by Crippen LogP contribution is -2.38. The Hall–Kier alpha value is -0.900. The maximum Gasteiger partial charge on any atom is 0.0594 e. The summed E-state index contributed by atoms with van der Waals surface area (Å²) in [5.41, 5.74) is 2.83. The molecule has 0 spiro atoms. The minimum Gasteiger partial charge on any atom is -0.379 e. The van der Waals surface area contributed by atoms with Crippen LogP contribution in [0.15, 0.2) is 24.3 Å². The van der Waals surface area contributed by atoms with Gasteiger partial charge in [0.2, 0.25) is 0 Å². The first kappa shape index (κ1) is 14.5. The number of nitrogens with zero attached hydrogens (tertiary/aromatic N) is 1. The summed E-state index contributed by atoms with van der Waals surface area (Å²) >= 11 is 0. The molecule has 1 saturated heterocycles. The van der Waals surface area contributed by atoms with E-state index in [2.05, 4.69) is 48.3 Å². The molecule has 1 unspecified atom stereocenters. The number of ether oxygens (including phenoxy) is 1. The molecule has 1 aliphatic heterocycles. The Morgan fingerprint density at radius 2 is 2.00 bits per heavy atom. The average molecular weight is 262 g/mol. The topological polar surface area (TPSA) is 24.5 Å². The minimum atomic E-state index is 0.467. The van der Waals surface area contributed by atoms with Gasteiger partial charge in [-0.2, -0.15) is 0 Å². The van der Waals surface area contributed by atoms with E-state index in [4.69, 9.17) is 4.74 Å². The van der Waals surface area contributed by atoms with Gasteiger partial charge in [0.05, 0.1) is 13.2 Å². The van der Waals surface area contributed by atoms with E-state index in [9.17, 15) is 0 Å². The summed E-state index contributed by atoms with van der Waals surface area (Å²) in [5.74, 6) is 0. The van der Waals surface area contributed by atoms with Crippen LogP contribution in [0.25, 0.3) is 0 Å². The standard InChI is InChI=1S/C16H26N2O/c1-3-17-16(15-7-5-4-6-14(15)2)8-9-18-10-12-19-13-11-18/h4-7,16-17H,3,8-13H2,1-2H3. The van der Waals surface area contributed by atoms with Gasteiger partial charge in [-0.05, 0) is 31.0 Å². The van der Waals surface area contributed by atoms with Gasteiger partial charge in [-0.3, -0.25) is 4.90 Å². The van der Waals surface area contributed by atoms with E-state index in [1.807, 2.05) is 0 Å². The highest BCUT2D eigenvalue weighted by Crippen LogP contribution is 2.21. The van der Waals surface area contributed by atoms with Crippen molar-refractivity contribution in [3.63, 3.8) is 0 Å². The molecular weight excluding hydrogens is 236 g/mol.